The number of hydrogen-bond acceptors (Lipinski definition) is 6. The van der Waals surface area contributed by atoms with E-state index in [1.807, 2.05) is 0 Å². The zero-order valence-corrected chi connectivity index (χ0v) is 21.2. The van der Waals surface area contributed by atoms with Gasteiger partial charge in [-0.3, -0.25) is 0 Å². The molecule has 8 nitrogen and oxygen atoms in total. The van der Waals surface area contributed by atoms with Crippen molar-refractivity contribution >= 4 is 64.0 Å². The number of anilines is 4. The molecule has 180 valence electrons. The van der Waals surface area contributed by atoms with Crippen molar-refractivity contribution in [1.29, 1.82) is 0 Å². The molecule has 0 saturated carbocycles. The van der Waals surface area contributed by atoms with Gasteiger partial charge in [-0.15, -0.1) is 0 Å². The third kappa shape index (κ3) is 6.01. The number of carbonyl (C=O) groups excluding carboxylic acids is 1. The molecule has 0 radical (unpaired) electrons. The van der Waals surface area contributed by atoms with E-state index >= 15 is 0 Å². The van der Waals surface area contributed by atoms with Crippen molar-refractivity contribution in [3.8, 4) is 5.75 Å². The van der Waals surface area contributed by atoms with Crippen LogP contribution in [0.4, 0.5) is 27.9 Å². The topological polar surface area (TPSA) is 99.6 Å². The van der Waals surface area contributed by atoms with Crippen molar-refractivity contribution in [2.75, 3.05) is 22.6 Å². The number of aromatic nitrogens is 2. The standard InChI is InChI=1S/C23H24Cl3N5O3/c1-13(23(2,3)33)28-21-27-12-11-18(30-21)31(14-5-7-15(34-4)8-6-14)22(32)29-17-10-9-16(24)19(25)20(17)26/h5-13,33H,1-4H3,(H,29,32)(H,27,28,30). The summed E-state index contributed by atoms with van der Waals surface area (Å²) in [4.78, 5) is 23.5. The van der Waals surface area contributed by atoms with E-state index in [1.165, 1.54) is 17.2 Å². The van der Waals surface area contributed by atoms with Crippen molar-refractivity contribution in [2.24, 2.45) is 0 Å². The minimum absolute atomic E-state index is 0.112. The highest BCUT2D eigenvalue weighted by molar-refractivity contribution is 6.49. The molecular weight excluding hydrogens is 501 g/mol. The highest BCUT2D eigenvalue weighted by atomic mass is 35.5. The second-order valence-electron chi connectivity index (χ2n) is 7.94. The summed E-state index contributed by atoms with van der Waals surface area (Å²) in [6, 6.07) is 10.6. The number of urea groups is 1. The first-order chi connectivity index (χ1) is 16.0. The Morgan fingerprint density at radius 1 is 1.09 bits per heavy atom. The molecule has 0 bridgehead atoms. The summed E-state index contributed by atoms with van der Waals surface area (Å²) < 4.78 is 5.22. The van der Waals surface area contributed by atoms with Gasteiger partial charge in [0, 0.05) is 12.3 Å². The lowest BCUT2D eigenvalue weighted by Crippen LogP contribution is -2.40. The van der Waals surface area contributed by atoms with E-state index in [0.29, 0.717) is 11.4 Å². The van der Waals surface area contributed by atoms with Crippen LogP contribution in [0.15, 0.2) is 48.7 Å². The van der Waals surface area contributed by atoms with E-state index in [4.69, 9.17) is 39.5 Å². The number of nitrogens with one attached hydrogen (secondary N) is 2. The smallest absolute Gasteiger partial charge is 0.332 e. The predicted molar refractivity (Wildman–Crippen MR) is 137 cm³/mol. The zero-order valence-electron chi connectivity index (χ0n) is 18.9. The zero-order chi connectivity index (χ0) is 25.0. The number of carbonyl (C=O) groups is 1. The van der Waals surface area contributed by atoms with Crippen LogP contribution in [0, 0.1) is 0 Å². The Labute approximate surface area is 212 Å². The fourth-order valence-electron chi connectivity index (χ4n) is 2.79. The van der Waals surface area contributed by atoms with Crippen LogP contribution in [0.3, 0.4) is 0 Å². The molecule has 0 aliphatic heterocycles. The molecule has 2 amide bonds. The quantitative estimate of drug-likeness (QED) is 0.310. The van der Waals surface area contributed by atoms with E-state index in [2.05, 4.69) is 20.6 Å². The molecule has 1 heterocycles. The first-order valence-electron chi connectivity index (χ1n) is 10.2. The van der Waals surface area contributed by atoms with Crippen LogP contribution in [0.1, 0.15) is 20.8 Å². The Morgan fingerprint density at radius 3 is 2.38 bits per heavy atom. The van der Waals surface area contributed by atoms with Crippen LogP contribution in [-0.4, -0.2) is 39.9 Å². The maximum absolute atomic E-state index is 13.4. The second-order valence-corrected chi connectivity index (χ2v) is 9.11. The minimum Gasteiger partial charge on any atom is -0.497 e. The first kappa shape index (κ1) is 25.8. The maximum atomic E-state index is 13.4. The molecule has 11 heteroatoms. The Morgan fingerprint density at radius 2 is 1.76 bits per heavy atom. The molecule has 2 aromatic carbocycles. The average Bonchev–Trinajstić information content (AvgIpc) is 2.80. The largest absolute Gasteiger partial charge is 0.497 e. The number of nitrogens with zero attached hydrogens (tertiary/aromatic N) is 3. The maximum Gasteiger partial charge on any atom is 0.332 e. The normalized spacial score (nSPS) is 12.1. The Balaban J connectivity index is 2.00. The van der Waals surface area contributed by atoms with Crippen molar-refractivity contribution in [2.45, 2.75) is 32.4 Å². The van der Waals surface area contributed by atoms with Crippen molar-refractivity contribution in [3.63, 3.8) is 0 Å². The molecule has 0 saturated heterocycles. The Hall–Kier alpha value is -2.78. The van der Waals surface area contributed by atoms with Gasteiger partial charge in [0.15, 0.2) is 0 Å². The number of aliphatic hydroxyl groups is 1. The van der Waals surface area contributed by atoms with E-state index in [-0.39, 0.29) is 38.6 Å². The summed E-state index contributed by atoms with van der Waals surface area (Å²) in [5.41, 5.74) is -0.228. The summed E-state index contributed by atoms with van der Waals surface area (Å²) in [6.07, 6.45) is 1.51. The van der Waals surface area contributed by atoms with Gasteiger partial charge in [0.05, 0.1) is 45.2 Å². The van der Waals surface area contributed by atoms with Crippen LogP contribution in [-0.2, 0) is 0 Å². The lowest BCUT2D eigenvalue weighted by molar-refractivity contribution is 0.0646. The third-order valence-electron chi connectivity index (χ3n) is 5.09. The fraction of sp³-hybridized carbons (Fsp3) is 0.261. The second kappa shape index (κ2) is 10.7. The summed E-state index contributed by atoms with van der Waals surface area (Å²) in [5, 5.41) is 16.5. The minimum atomic E-state index is -1.02. The molecule has 0 aliphatic rings. The molecular formula is C23H24Cl3N5O3. The first-order valence-corrected chi connectivity index (χ1v) is 11.3. The van der Waals surface area contributed by atoms with Gasteiger partial charge in [-0.1, -0.05) is 34.8 Å². The summed E-state index contributed by atoms with van der Waals surface area (Å²) in [7, 11) is 1.55. The van der Waals surface area contributed by atoms with Gasteiger partial charge in [-0.2, -0.15) is 4.98 Å². The summed E-state index contributed by atoms with van der Waals surface area (Å²) in [6.45, 7) is 5.15. The molecule has 1 atom stereocenters. The number of benzene rings is 2. The van der Waals surface area contributed by atoms with Crippen molar-refractivity contribution in [1.82, 2.24) is 9.97 Å². The van der Waals surface area contributed by atoms with E-state index in [9.17, 15) is 9.90 Å². The molecule has 0 aliphatic carbocycles. The van der Waals surface area contributed by atoms with E-state index in [1.54, 1.807) is 64.3 Å². The summed E-state index contributed by atoms with van der Waals surface area (Å²) >= 11 is 18.4. The number of hydrogen-bond donors (Lipinski definition) is 3. The number of rotatable bonds is 7. The molecule has 34 heavy (non-hydrogen) atoms. The van der Waals surface area contributed by atoms with E-state index in [0.717, 1.165) is 0 Å². The molecule has 3 aromatic rings. The summed E-state index contributed by atoms with van der Waals surface area (Å²) in [5.74, 6) is 1.14. The van der Waals surface area contributed by atoms with Gasteiger partial charge >= 0.3 is 6.03 Å². The Bertz CT molecular complexity index is 1170. The van der Waals surface area contributed by atoms with E-state index < -0.39 is 11.6 Å². The number of halogens is 3. The van der Waals surface area contributed by atoms with Gasteiger partial charge in [0.1, 0.15) is 11.6 Å². The van der Waals surface area contributed by atoms with Crippen LogP contribution in [0.2, 0.25) is 15.1 Å². The number of amides is 2. The van der Waals surface area contributed by atoms with Crippen LogP contribution in [0.25, 0.3) is 0 Å². The monoisotopic (exact) mass is 523 g/mol. The molecule has 0 fully saturated rings. The Kier molecular flexibility index (Phi) is 8.09. The molecule has 3 rings (SSSR count). The highest BCUT2D eigenvalue weighted by Gasteiger charge is 2.25. The third-order valence-corrected chi connectivity index (χ3v) is 6.38. The van der Waals surface area contributed by atoms with Crippen molar-refractivity contribution < 1.29 is 14.6 Å². The highest BCUT2D eigenvalue weighted by Crippen LogP contribution is 2.36. The van der Waals surface area contributed by atoms with Crippen LogP contribution < -0.4 is 20.3 Å². The molecule has 1 aromatic heterocycles. The van der Waals surface area contributed by atoms with Gasteiger partial charge in [0.2, 0.25) is 5.95 Å². The van der Waals surface area contributed by atoms with Gasteiger partial charge in [0.25, 0.3) is 0 Å². The fourth-order valence-corrected chi connectivity index (χ4v) is 3.37. The molecule has 3 N–H and O–H groups in total. The SMILES string of the molecule is COc1ccc(N(C(=O)Nc2ccc(Cl)c(Cl)c2Cl)c2ccnc(NC(C)C(C)(C)O)n2)cc1. The lowest BCUT2D eigenvalue weighted by atomic mass is 10.0. The number of methoxy groups -OCH3 is 1. The van der Waals surface area contributed by atoms with Gasteiger partial charge < -0.3 is 20.5 Å². The van der Waals surface area contributed by atoms with Crippen molar-refractivity contribution in [3.05, 3.63) is 63.7 Å². The van der Waals surface area contributed by atoms with Gasteiger partial charge in [-0.05, 0) is 57.2 Å². The van der Waals surface area contributed by atoms with Crippen LogP contribution in [0.5, 0.6) is 5.75 Å². The van der Waals surface area contributed by atoms with Crippen LogP contribution >= 0.6 is 34.8 Å². The molecule has 1 unspecified atom stereocenters. The lowest BCUT2D eigenvalue weighted by Gasteiger charge is -2.27. The number of ether oxygens (including phenoxy) is 1. The predicted octanol–water partition coefficient (Wildman–Crippen LogP) is 6.39. The van der Waals surface area contributed by atoms with Gasteiger partial charge in [-0.25, -0.2) is 14.7 Å². The average molecular weight is 525 g/mol. The molecule has 0 spiro atoms.